The Morgan fingerprint density at radius 2 is 0.649 bits per heavy atom. The standard InChI is InChI=1S/C22H42O2.C13H28/c1-2-3-4-5-6-7-8-9-10-11-12-13-14-15-16-17-18-19-20-21-22(23)24;1-3-5-7-9-11-13-12-10-8-6-4-2/h9-10H,2-8,11-21H2,1H3,(H,23,24);3-13H2,1-2H3/b10-9-;. The van der Waals surface area contributed by atoms with Crippen molar-refractivity contribution >= 4 is 5.97 Å². The molecule has 0 bridgehead atoms. The van der Waals surface area contributed by atoms with Crippen molar-refractivity contribution in [2.24, 2.45) is 0 Å². The summed E-state index contributed by atoms with van der Waals surface area (Å²) >= 11 is 0. The minimum Gasteiger partial charge on any atom is -0.481 e. The van der Waals surface area contributed by atoms with E-state index in [9.17, 15) is 4.79 Å². The first-order valence-corrected chi connectivity index (χ1v) is 17.1. The summed E-state index contributed by atoms with van der Waals surface area (Å²) in [7, 11) is 0. The second-order valence-electron chi connectivity index (χ2n) is 11.3. The Bertz CT molecular complexity index is 419. The van der Waals surface area contributed by atoms with Crippen LogP contribution in [0, 0.1) is 0 Å². The van der Waals surface area contributed by atoms with E-state index in [4.69, 9.17) is 5.11 Å². The van der Waals surface area contributed by atoms with Crippen LogP contribution in [-0.2, 0) is 4.79 Å². The van der Waals surface area contributed by atoms with Gasteiger partial charge in [0.1, 0.15) is 0 Å². The number of hydrogen-bond acceptors (Lipinski definition) is 1. The van der Waals surface area contributed by atoms with Gasteiger partial charge in [0.25, 0.3) is 0 Å². The van der Waals surface area contributed by atoms with Crippen LogP contribution in [0.15, 0.2) is 12.2 Å². The van der Waals surface area contributed by atoms with E-state index in [1.165, 1.54) is 167 Å². The Morgan fingerprint density at radius 3 is 0.919 bits per heavy atom. The van der Waals surface area contributed by atoms with Crippen molar-refractivity contribution in [3.8, 4) is 0 Å². The van der Waals surface area contributed by atoms with Gasteiger partial charge in [0.05, 0.1) is 0 Å². The van der Waals surface area contributed by atoms with Crippen molar-refractivity contribution < 1.29 is 9.90 Å². The van der Waals surface area contributed by atoms with Crippen LogP contribution in [0.1, 0.15) is 207 Å². The lowest BCUT2D eigenvalue weighted by atomic mass is 10.1. The van der Waals surface area contributed by atoms with E-state index in [2.05, 4.69) is 32.9 Å². The monoisotopic (exact) mass is 523 g/mol. The average molecular weight is 523 g/mol. The van der Waals surface area contributed by atoms with Crippen molar-refractivity contribution in [1.29, 1.82) is 0 Å². The molecule has 1 N–H and O–H groups in total. The van der Waals surface area contributed by atoms with Crippen LogP contribution in [0.3, 0.4) is 0 Å². The summed E-state index contributed by atoms with van der Waals surface area (Å²) in [5, 5.41) is 8.55. The Hall–Kier alpha value is -0.790. The maximum absolute atomic E-state index is 10.4. The molecule has 0 aliphatic rings. The summed E-state index contributed by atoms with van der Waals surface area (Å²) in [5.41, 5.74) is 0. The van der Waals surface area contributed by atoms with Crippen LogP contribution in [0.4, 0.5) is 0 Å². The molecule has 0 aromatic carbocycles. The van der Waals surface area contributed by atoms with Crippen molar-refractivity contribution in [3.63, 3.8) is 0 Å². The highest BCUT2D eigenvalue weighted by Crippen LogP contribution is 2.13. The summed E-state index contributed by atoms with van der Waals surface area (Å²) in [6.07, 6.45) is 43.1. The molecule has 2 nitrogen and oxygen atoms in total. The highest BCUT2D eigenvalue weighted by atomic mass is 16.4. The molecular weight excluding hydrogens is 452 g/mol. The van der Waals surface area contributed by atoms with E-state index in [0.29, 0.717) is 6.42 Å². The first kappa shape index (κ1) is 38.4. The zero-order chi connectivity index (χ0) is 27.5. The molecule has 0 saturated carbocycles. The van der Waals surface area contributed by atoms with E-state index in [0.717, 1.165) is 12.8 Å². The van der Waals surface area contributed by atoms with Gasteiger partial charge >= 0.3 is 5.97 Å². The molecule has 2 heteroatoms. The lowest BCUT2D eigenvalue weighted by molar-refractivity contribution is -0.137. The molecule has 0 fully saturated rings. The molecule has 0 aromatic heterocycles. The Balaban J connectivity index is 0. The minimum absolute atomic E-state index is 0.340. The number of carboxylic acids is 1. The minimum atomic E-state index is -0.656. The molecule has 0 amide bonds. The average Bonchev–Trinajstić information content (AvgIpc) is 2.89. The molecule has 0 aliphatic heterocycles. The smallest absolute Gasteiger partial charge is 0.303 e. The van der Waals surface area contributed by atoms with E-state index in [1.54, 1.807) is 0 Å². The fourth-order valence-corrected chi connectivity index (χ4v) is 4.79. The summed E-state index contributed by atoms with van der Waals surface area (Å²) in [6.45, 7) is 6.84. The van der Waals surface area contributed by atoms with Gasteiger partial charge in [-0.2, -0.15) is 0 Å². The van der Waals surface area contributed by atoms with E-state index in [1.807, 2.05) is 0 Å². The van der Waals surface area contributed by atoms with Crippen molar-refractivity contribution in [2.45, 2.75) is 207 Å². The molecule has 37 heavy (non-hydrogen) atoms. The van der Waals surface area contributed by atoms with Gasteiger partial charge in [-0.3, -0.25) is 4.79 Å². The van der Waals surface area contributed by atoms with Gasteiger partial charge in [-0.1, -0.05) is 181 Å². The molecule has 0 rings (SSSR count). The lowest BCUT2D eigenvalue weighted by Gasteiger charge is -2.01. The van der Waals surface area contributed by atoms with Crippen LogP contribution in [-0.4, -0.2) is 11.1 Å². The van der Waals surface area contributed by atoms with Crippen LogP contribution in [0.5, 0.6) is 0 Å². The summed E-state index contributed by atoms with van der Waals surface area (Å²) in [5.74, 6) is -0.656. The predicted molar refractivity (Wildman–Crippen MR) is 168 cm³/mol. The predicted octanol–water partition coefficient (Wildman–Crippen LogP) is 13.0. The summed E-state index contributed by atoms with van der Waals surface area (Å²) < 4.78 is 0. The first-order chi connectivity index (χ1) is 18.2. The van der Waals surface area contributed by atoms with Gasteiger partial charge in [-0.25, -0.2) is 0 Å². The van der Waals surface area contributed by atoms with Crippen molar-refractivity contribution in [1.82, 2.24) is 0 Å². The zero-order valence-electron chi connectivity index (χ0n) is 26.0. The Labute approximate surface area is 234 Å². The molecule has 0 unspecified atom stereocenters. The highest BCUT2D eigenvalue weighted by Gasteiger charge is 1.97. The SMILES string of the molecule is CCCCCCCC/C=C\CCCCCCCCCCCC(=O)O.CCCCCCCCCCCCC. The molecular formula is C35H70O2. The second-order valence-corrected chi connectivity index (χ2v) is 11.3. The van der Waals surface area contributed by atoms with Gasteiger partial charge in [0.15, 0.2) is 0 Å². The normalized spacial score (nSPS) is 11.1. The molecule has 0 atom stereocenters. The topological polar surface area (TPSA) is 37.3 Å². The third-order valence-electron chi connectivity index (χ3n) is 7.36. The third kappa shape index (κ3) is 42.6. The maximum atomic E-state index is 10.4. The summed E-state index contributed by atoms with van der Waals surface area (Å²) in [4.78, 5) is 10.4. The fraction of sp³-hybridized carbons (Fsp3) is 0.914. The number of carboxylic acid groups (broad SMARTS) is 1. The van der Waals surface area contributed by atoms with Crippen LogP contribution >= 0.6 is 0 Å². The number of allylic oxidation sites excluding steroid dienone is 2. The van der Waals surface area contributed by atoms with Crippen molar-refractivity contribution in [3.05, 3.63) is 12.2 Å². The van der Waals surface area contributed by atoms with Crippen LogP contribution < -0.4 is 0 Å². The molecule has 0 saturated heterocycles. The van der Waals surface area contributed by atoms with E-state index in [-0.39, 0.29) is 0 Å². The van der Waals surface area contributed by atoms with E-state index >= 15 is 0 Å². The number of unbranched alkanes of at least 4 members (excludes halogenated alkanes) is 25. The molecule has 222 valence electrons. The van der Waals surface area contributed by atoms with Gasteiger partial charge in [-0.05, 0) is 32.1 Å². The molecule has 0 radical (unpaired) electrons. The molecule has 0 aromatic rings. The largest absolute Gasteiger partial charge is 0.481 e. The number of carbonyl (C=O) groups is 1. The van der Waals surface area contributed by atoms with E-state index < -0.39 is 5.97 Å². The number of rotatable bonds is 29. The van der Waals surface area contributed by atoms with Gasteiger partial charge in [0.2, 0.25) is 0 Å². The molecule has 0 spiro atoms. The zero-order valence-corrected chi connectivity index (χ0v) is 26.0. The third-order valence-corrected chi connectivity index (χ3v) is 7.36. The van der Waals surface area contributed by atoms with Gasteiger partial charge < -0.3 is 5.11 Å². The Kier molecular flexibility index (Phi) is 38.7. The van der Waals surface area contributed by atoms with Crippen LogP contribution in [0.2, 0.25) is 0 Å². The van der Waals surface area contributed by atoms with Crippen LogP contribution in [0.25, 0.3) is 0 Å². The molecule has 0 heterocycles. The highest BCUT2D eigenvalue weighted by molar-refractivity contribution is 5.66. The van der Waals surface area contributed by atoms with Gasteiger partial charge in [0, 0.05) is 6.42 Å². The van der Waals surface area contributed by atoms with Crippen molar-refractivity contribution in [2.75, 3.05) is 0 Å². The lowest BCUT2D eigenvalue weighted by Crippen LogP contribution is -1.93. The molecule has 0 aliphatic carbocycles. The maximum Gasteiger partial charge on any atom is 0.303 e. The Morgan fingerprint density at radius 1 is 0.405 bits per heavy atom. The summed E-state index contributed by atoms with van der Waals surface area (Å²) in [6, 6.07) is 0. The number of aliphatic carboxylic acids is 1. The quantitative estimate of drug-likeness (QED) is 0.0783. The van der Waals surface area contributed by atoms with Gasteiger partial charge in [-0.15, -0.1) is 0 Å². The second kappa shape index (κ2) is 37.4. The number of hydrogen-bond donors (Lipinski definition) is 1. The fourth-order valence-electron chi connectivity index (χ4n) is 4.79. The first-order valence-electron chi connectivity index (χ1n) is 17.1.